The molecule has 0 spiro atoms. The molecule has 33 heavy (non-hydrogen) atoms. The predicted octanol–water partition coefficient (Wildman–Crippen LogP) is 1.85. The van der Waals surface area contributed by atoms with Crippen molar-refractivity contribution in [2.24, 2.45) is 0 Å². The molecule has 1 aliphatic heterocycles. The largest absolute Gasteiger partial charge is 0.339 e. The molecule has 2 aromatic carbocycles. The van der Waals surface area contributed by atoms with E-state index in [9.17, 15) is 18.0 Å². The average Bonchev–Trinajstić information content (AvgIpc) is 2.77. The summed E-state index contributed by atoms with van der Waals surface area (Å²) in [5, 5.41) is 2.90. The number of benzene rings is 2. The Bertz CT molecular complexity index is 1080. The van der Waals surface area contributed by atoms with Gasteiger partial charge in [-0.25, -0.2) is 8.42 Å². The van der Waals surface area contributed by atoms with Crippen LogP contribution >= 0.6 is 0 Å². The zero-order valence-corrected chi connectivity index (χ0v) is 20.3. The number of carbonyl (C=O) groups is 2. The second-order valence-electron chi connectivity index (χ2n) is 8.49. The van der Waals surface area contributed by atoms with Gasteiger partial charge < -0.3 is 10.2 Å². The number of piperazine rings is 1. The molecule has 9 heteroatoms. The van der Waals surface area contributed by atoms with Crippen LogP contribution in [0, 0.1) is 13.8 Å². The van der Waals surface area contributed by atoms with Crippen LogP contribution in [0.1, 0.15) is 16.7 Å². The number of nitrogens with one attached hydrogen (secondary N) is 1. The molecule has 0 unspecified atom stereocenters. The SMILES string of the molecule is Cc1cccc(NC(=O)CN(C)CC(=O)N2CCN(S(=O)(=O)Cc3ccccc3)CC2)c1C. The van der Waals surface area contributed by atoms with Crippen LogP contribution in [0.4, 0.5) is 5.69 Å². The van der Waals surface area contributed by atoms with Crippen LogP contribution in [0.2, 0.25) is 0 Å². The minimum atomic E-state index is -3.43. The van der Waals surface area contributed by atoms with Crippen LogP contribution in [-0.4, -0.2) is 80.7 Å². The number of nitrogens with zero attached hydrogens (tertiary/aromatic N) is 3. The van der Waals surface area contributed by atoms with E-state index in [1.54, 1.807) is 29.0 Å². The highest BCUT2D eigenvalue weighted by Crippen LogP contribution is 2.18. The number of hydrogen-bond donors (Lipinski definition) is 1. The van der Waals surface area contributed by atoms with Crippen molar-refractivity contribution >= 4 is 27.5 Å². The molecule has 178 valence electrons. The van der Waals surface area contributed by atoms with Crippen molar-refractivity contribution in [3.05, 3.63) is 65.2 Å². The normalized spacial score (nSPS) is 15.0. The van der Waals surface area contributed by atoms with Crippen LogP contribution in [0.25, 0.3) is 0 Å². The van der Waals surface area contributed by atoms with Gasteiger partial charge in [0.1, 0.15) is 0 Å². The van der Waals surface area contributed by atoms with Crippen molar-refractivity contribution in [1.82, 2.24) is 14.1 Å². The zero-order valence-electron chi connectivity index (χ0n) is 19.5. The first-order chi connectivity index (χ1) is 15.7. The molecule has 0 atom stereocenters. The fraction of sp³-hybridized carbons (Fsp3) is 0.417. The van der Waals surface area contributed by atoms with Gasteiger partial charge in [-0.15, -0.1) is 0 Å². The molecule has 0 bridgehead atoms. The maximum atomic E-state index is 12.7. The van der Waals surface area contributed by atoms with Gasteiger partial charge in [-0.3, -0.25) is 14.5 Å². The minimum Gasteiger partial charge on any atom is -0.339 e. The van der Waals surface area contributed by atoms with Gasteiger partial charge in [-0.1, -0.05) is 42.5 Å². The fourth-order valence-electron chi connectivity index (χ4n) is 3.80. The lowest BCUT2D eigenvalue weighted by Gasteiger charge is -2.34. The Balaban J connectivity index is 1.45. The standard InChI is InChI=1S/C24H32N4O4S/c1-19-8-7-11-22(20(19)2)25-23(29)16-26(3)17-24(30)27-12-14-28(15-13-27)33(31,32)18-21-9-5-4-6-10-21/h4-11H,12-18H2,1-3H3,(H,25,29). The third-order valence-corrected chi connectivity index (χ3v) is 7.72. The number of anilines is 1. The quantitative estimate of drug-likeness (QED) is 0.633. The second kappa shape index (κ2) is 10.9. The molecule has 3 rings (SSSR count). The number of hydrogen-bond acceptors (Lipinski definition) is 5. The molecule has 0 saturated carbocycles. The summed E-state index contributed by atoms with van der Waals surface area (Å²) >= 11 is 0. The highest BCUT2D eigenvalue weighted by molar-refractivity contribution is 7.88. The van der Waals surface area contributed by atoms with Crippen LogP contribution in [0.5, 0.6) is 0 Å². The molecule has 0 aromatic heterocycles. The first kappa shape index (κ1) is 24.9. The van der Waals surface area contributed by atoms with Crippen LogP contribution in [-0.2, 0) is 25.4 Å². The van der Waals surface area contributed by atoms with Crippen molar-refractivity contribution < 1.29 is 18.0 Å². The first-order valence-electron chi connectivity index (χ1n) is 11.0. The summed E-state index contributed by atoms with van der Waals surface area (Å²) in [6, 6.07) is 14.8. The monoisotopic (exact) mass is 472 g/mol. The molecule has 0 aliphatic carbocycles. The first-order valence-corrected chi connectivity index (χ1v) is 12.6. The van der Waals surface area contributed by atoms with Gasteiger partial charge in [0.15, 0.2) is 0 Å². The summed E-state index contributed by atoms with van der Waals surface area (Å²) in [4.78, 5) is 28.4. The maximum absolute atomic E-state index is 12.7. The van der Waals surface area contributed by atoms with E-state index in [2.05, 4.69) is 5.32 Å². The molecule has 1 heterocycles. The number of aryl methyl sites for hydroxylation is 1. The molecule has 0 radical (unpaired) electrons. The third-order valence-electron chi connectivity index (χ3n) is 5.87. The van der Waals surface area contributed by atoms with Gasteiger partial charge in [0, 0.05) is 31.9 Å². The van der Waals surface area contributed by atoms with Crippen LogP contribution < -0.4 is 5.32 Å². The molecular weight excluding hydrogens is 440 g/mol. The smallest absolute Gasteiger partial charge is 0.238 e. The number of carbonyl (C=O) groups excluding carboxylic acids is 2. The lowest BCUT2D eigenvalue weighted by atomic mass is 10.1. The van der Waals surface area contributed by atoms with Gasteiger partial charge in [-0.05, 0) is 43.7 Å². The molecule has 2 amide bonds. The molecule has 1 N–H and O–H groups in total. The average molecular weight is 473 g/mol. The van der Waals surface area contributed by atoms with Crippen molar-refractivity contribution in [1.29, 1.82) is 0 Å². The Kier molecular flexibility index (Phi) is 8.23. The van der Waals surface area contributed by atoms with Crippen molar-refractivity contribution in [3.8, 4) is 0 Å². The summed E-state index contributed by atoms with van der Waals surface area (Å²) < 4.78 is 26.8. The molecule has 2 aromatic rings. The van der Waals surface area contributed by atoms with E-state index in [0.29, 0.717) is 13.1 Å². The molecule has 1 aliphatic rings. The zero-order chi connectivity index (χ0) is 24.0. The second-order valence-corrected chi connectivity index (χ2v) is 10.5. The summed E-state index contributed by atoms with van der Waals surface area (Å²) in [6.07, 6.45) is 0. The number of likely N-dealkylation sites (N-methyl/N-ethyl adjacent to an activating group) is 1. The van der Waals surface area contributed by atoms with E-state index >= 15 is 0 Å². The lowest BCUT2D eigenvalue weighted by Crippen LogP contribution is -2.52. The Morgan fingerprint density at radius 3 is 2.27 bits per heavy atom. The lowest BCUT2D eigenvalue weighted by molar-refractivity contribution is -0.133. The Morgan fingerprint density at radius 2 is 1.61 bits per heavy atom. The van der Waals surface area contributed by atoms with Crippen molar-refractivity contribution in [3.63, 3.8) is 0 Å². The highest BCUT2D eigenvalue weighted by atomic mass is 32.2. The maximum Gasteiger partial charge on any atom is 0.238 e. The van der Waals surface area contributed by atoms with E-state index in [1.807, 2.05) is 50.2 Å². The van der Waals surface area contributed by atoms with E-state index < -0.39 is 10.0 Å². The topological polar surface area (TPSA) is 90.0 Å². The van der Waals surface area contributed by atoms with Crippen molar-refractivity contribution in [2.75, 3.05) is 51.6 Å². The summed E-state index contributed by atoms with van der Waals surface area (Å²) in [7, 11) is -1.71. The summed E-state index contributed by atoms with van der Waals surface area (Å²) in [6.45, 7) is 5.36. The number of sulfonamides is 1. The molecule has 1 saturated heterocycles. The fourth-order valence-corrected chi connectivity index (χ4v) is 5.32. The van der Waals surface area contributed by atoms with Gasteiger partial charge in [0.2, 0.25) is 21.8 Å². The molecule has 8 nitrogen and oxygen atoms in total. The van der Waals surface area contributed by atoms with Gasteiger partial charge >= 0.3 is 0 Å². The van der Waals surface area contributed by atoms with Gasteiger partial charge in [0.05, 0.1) is 18.8 Å². The van der Waals surface area contributed by atoms with E-state index in [0.717, 1.165) is 22.4 Å². The van der Waals surface area contributed by atoms with E-state index in [1.165, 1.54) is 4.31 Å². The van der Waals surface area contributed by atoms with Gasteiger partial charge in [-0.2, -0.15) is 4.31 Å². The Labute approximate surface area is 196 Å². The summed E-state index contributed by atoms with van der Waals surface area (Å²) in [5.74, 6) is -0.340. The molecule has 1 fully saturated rings. The number of rotatable bonds is 8. The molecular formula is C24H32N4O4S. The van der Waals surface area contributed by atoms with Gasteiger partial charge in [0.25, 0.3) is 0 Å². The Morgan fingerprint density at radius 1 is 0.939 bits per heavy atom. The summed E-state index contributed by atoms with van der Waals surface area (Å²) in [5.41, 5.74) is 3.63. The predicted molar refractivity (Wildman–Crippen MR) is 129 cm³/mol. The van der Waals surface area contributed by atoms with Crippen LogP contribution in [0.3, 0.4) is 0 Å². The Hall–Kier alpha value is -2.75. The van der Waals surface area contributed by atoms with E-state index in [4.69, 9.17) is 0 Å². The highest BCUT2D eigenvalue weighted by Gasteiger charge is 2.29. The number of amides is 2. The third kappa shape index (κ3) is 6.86. The van der Waals surface area contributed by atoms with Crippen LogP contribution in [0.15, 0.2) is 48.5 Å². The minimum absolute atomic E-state index is 0.0416. The van der Waals surface area contributed by atoms with E-state index in [-0.39, 0.29) is 43.7 Å². The van der Waals surface area contributed by atoms with Crippen molar-refractivity contribution in [2.45, 2.75) is 19.6 Å².